The molecule has 8 nitrogen and oxygen atoms in total. The lowest BCUT2D eigenvalue weighted by Crippen LogP contribution is -2.44. The number of hydrogen-bond donors (Lipinski definition) is 1. The highest BCUT2D eigenvalue weighted by Gasteiger charge is 2.33. The fourth-order valence-corrected chi connectivity index (χ4v) is 4.61. The van der Waals surface area contributed by atoms with E-state index >= 15 is 0 Å². The van der Waals surface area contributed by atoms with E-state index in [9.17, 15) is 14.4 Å². The monoisotopic (exact) mass is 575 g/mol. The average molecular weight is 576 g/mol. The number of amides is 3. The van der Waals surface area contributed by atoms with Gasteiger partial charge in [0.25, 0.3) is 11.8 Å². The Morgan fingerprint density at radius 3 is 2.33 bits per heavy atom. The summed E-state index contributed by atoms with van der Waals surface area (Å²) in [4.78, 5) is 45.4. The molecule has 0 atom stereocenters. The van der Waals surface area contributed by atoms with Gasteiger partial charge in [-0.2, -0.15) is 5.10 Å². The van der Waals surface area contributed by atoms with Crippen LogP contribution in [0.1, 0.15) is 19.5 Å². The molecule has 0 spiro atoms. The van der Waals surface area contributed by atoms with Gasteiger partial charge in [0, 0.05) is 40.2 Å². The van der Waals surface area contributed by atoms with Crippen molar-refractivity contribution in [3.63, 3.8) is 0 Å². The van der Waals surface area contributed by atoms with E-state index in [1.54, 1.807) is 41.3 Å². The summed E-state index contributed by atoms with van der Waals surface area (Å²) < 4.78 is 0. The molecule has 3 aromatic carbocycles. The van der Waals surface area contributed by atoms with Crippen LogP contribution in [-0.4, -0.2) is 45.4 Å². The van der Waals surface area contributed by atoms with E-state index < -0.39 is 11.8 Å². The Morgan fingerprint density at radius 1 is 0.950 bits per heavy atom. The van der Waals surface area contributed by atoms with E-state index in [0.717, 1.165) is 5.39 Å². The highest BCUT2D eigenvalue weighted by atomic mass is 35.5. The van der Waals surface area contributed by atoms with Crippen molar-refractivity contribution >= 4 is 70.1 Å². The first-order valence-electron chi connectivity index (χ1n) is 12.4. The Bertz CT molecular complexity index is 1600. The van der Waals surface area contributed by atoms with Gasteiger partial charge in [0.2, 0.25) is 5.91 Å². The molecule has 3 amide bonds. The molecule has 4 aromatic rings. The number of carbonyl (C=O) groups excluding carboxylic acids is 3. The molecule has 10 heteroatoms. The van der Waals surface area contributed by atoms with Gasteiger partial charge in [-0.05, 0) is 62.4 Å². The molecule has 5 rings (SSSR count). The van der Waals surface area contributed by atoms with Gasteiger partial charge in [0.1, 0.15) is 12.1 Å². The molecule has 204 valence electrons. The van der Waals surface area contributed by atoms with Gasteiger partial charge in [-0.3, -0.25) is 24.4 Å². The Kier molecular flexibility index (Phi) is 8.72. The Hall–Kier alpha value is -4.40. The summed E-state index contributed by atoms with van der Waals surface area (Å²) in [6, 6.07) is 23.2. The topological polar surface area (TPSA) is 89.6 Å². The number of halogens is 2. The van der Waals surface area contributed by atoms with Crippen LogP contribution in [0.2, 0.25) is 5.02 Å². The quantitative estimate of drug-likeness (QED) is 0.232. The minimum absolute atomic E-state index is 0. The molecule has 0 saturated carbocycles. The number of benzene rings is 3. The number of aromatic amines is 1. The van der Waals surface area contributed by atoms with Crippen LogP contribution in [0.3, 0.4) is 0 Å². The number of carbonyl (C=O) groups is 3. The lowest BCUT2D eigenvalue weighted by molar-refractivity contribution is -0.131. The first kappa shape index (κ1) is 28.6. The van der Waals surface area contributed by atoms with E-state index in [1.807, 2.05) is 56.3 Å². The van der Waals surface area contributed by atoms with Crippen LogP contribution in [0.4, 0.5) is 11.4 Å². The molecule has 40 heavy (non-hydrogen) atoms. The maximum absolute atomic E-state index is 13.8. The SMILES string of the molecule is CC(C)N(C(=O)CN1C=CN(c2ccccc2)C(=O)C(=Cc2[nH]nc3ccccc23)C1=O)c1ccc(Cl)cc1.Cl. The van der Waals surface area contributed by atoms with Crippen LogP contribution in [0.15, 0.2) is 96.8 Å². The highest BCUT2D eigenvalue weighted by Crippen LogP contribution is 2.26. The largest absolute Gasteiger partial charge is 0.308 e. The summed E-state index contributed by atoms with van der Waals surface area (Å²) >= 11 is 6.04. The number of fused-ring (bicyclic) bond motifs is 1. The summed E-state index contributed by atoms with van der Waals surface area (Å²) in [6.07, 6.45) is 4.48. The molecule has 0 unspecified atom stereocenters. The fourth-order valence-electron chi connectivity index (χ4n) is 4.49. The second-order valence-electron chi connectivity index (χ2n) is 9.29. The number of para-hydroxylation sites is 2. The number of H-pyrrole nitrogens is 1. The van der Waals surface area contributed by atoms with Crippen molar-refractivity contribution in [1.82, 2.24) is 15.1 Å². The highest BCUT2D eigenvalue weighted by molar-refractivity contribution is 6.30. The van der Waals surface area contributed by atoms with Gasteiger partial charge in [-0.1, -0.05) is 48.0 Å². The number of nitrogens with zero attached hydrogens (tertiary/aromatic N) is 4. The van der Waals surface area contributed by atoms with Crippen LogP contribution < -0.4 is 9.80 Å². The van der Waals surface area contributed by atoms with Crippen molar-refractivity contribution in [2.75, 3.05) is 16.3 Å². The molecule has 0 fully saturated rings. The third kappa shape index (κ3) is 5.78. The third-order valence-electron chi connectivity index (χ3n) is 6.35. The van der Waals surface area contributed by atoms with Crippen LogP contribution in [-0.2, 0) is 14.4 Å². The lowest BCUT2D eigenvalue weighted by atomic mass is 10.1. The van der Waals surface area contributed by atoms with E-state index in [0.29, 0.717) is 27.6 Å². The number of aromatic nitrogens is 2. The molecular weight excluding hydrogens is 549 g/mol. The minimum Gasteiger partial charge on any atom is -0.308 e. The first-order valence-corrected chi connectivity index (χ1v) is 12.8. The van der Waals surface area contributed by atoms with Crippen LogP contribution >= 0.6 is 24.0 Å². The van der Waals surface area contributed by atoms with Gasteiger partial charge in [0.05, 0.1) is 11.2 Å². The molecule has 1 aliphatic heterocycles. The third-order valence-corrected chi connectivity index (χ3v) is 6.60. The predicted octanol–water partition coefficient (Wildman–Crippen LogP) is 5.81. The van der Waals surface area contributed by atoms with E-state index in [-0.39, 0.29) is 36.5 Å². The number of hydrogen-bond acceptors (Lipinski definition) is 4. The molecule has 1 aliphatic rings. The summed E-state index contributed by atoms with van der Waals surface area (Å²) in [5, 5.41) is 8.52. The maximum atomic E-state index is 13.8. The van der Waals surface area contributed by atoms with E-state index in [4.69, 9.17) is 11.6 Å². The smallest absolute Gasteiger partial charge is 0.268 e. The van der Waals surface area contributed by atoms with Crippen LogP contribution in [0.5, 0.6) is 0 Å². The Morgan fingerprint density at radius 2 is 1.62 bits per heavy atom. The summed E-state index contributed by atoms with van der Waals surface area (Å²) in [6.45, 7) is 3.51. The summed E-state index contributed by atoms with van der Waals surface area (Å²) in [5.41, 5.74) is 2.37. The maximum Gasteiger partial charge on any atom is 0.268 e. The van der Waals surface area contributed by atoms with Crippen molar-refractivity contribution < 1.29 is 14.4 Å². The van der Waals surface area contributed by atoms with Crippen molar-refractivity contribution in [3.8, 4) is 0 Å². The Labute approximate surface area is 242 Å². The number of rotatable bonds is 6. The zero-order chi connectivity index (χ0) is 27.5. The van der Waals surface area contributed by atoms with Gasteiger partial charge in [-0.15, -0.1) is 12.4 Å². The van der Waals surface area contributed by atoms with Gasteiger partial charge in [-0.25, -0.2) is 0 Å². The van der Waals surface area contributed by atoms with Crippen molar-refractivity contribution in [3.05, 3.63) is 108 Å². The summed E-state index contributed by atoms with van der Waals surface area (Å²) in [5.74, 6) is -1.42. The van der Waals surface area contributed by atoms with Crippen LogP contribution in [0, 0.1) is 0 Å². The molecule has 2 heterocycles. The zero-order valence-corrected chi connectivity index (χ0v) is 23.4. The summed E-state index contributed by atoms with van der Waals surface area (Å²) in [7, 11) is 0. The second-order valence-corrected chi connectivity index (χ2v) is 9.72. The molecular formula is C30H27Cl2N5O3. The van der Waals surface area contributed by atoms with Crippen molar-refractivity contribution in [2.24, 2.45) is 0 Å². The number of anilines is 2. The molecule has 0 aliphatic carbocycles. The van der Waals surface area contributed by atoms with Crippen molar-refractivity contribution in [1.29, 1.82) is 0 Å². The standard InChI is InChI=1S/C30H26ClN5O3.ClH/c1-20(2)36(23-14-12-21(31)13-15-23)28(37)19-34-16-17-35(22-8-4-3-5-9-22)30(39)25(29(34)38)18-27-24-10-6-7-11-26(24)32-33-27;/h3-18,20H,19H2,1-2H3,(H,32,33);1H. The Balaban J connectivity index is 0.00000370. The lowest BCUT2D eigenvalue weighted by Gasteiger charge is -2.29. The first-order chi connectivity index (χ1) is 18.8. The van der Waals surface area contributed by atoms with E-state index in [2.05, 4.69) is 10.2 Å². The second kappa shape index (κ2) is 12.2. The van der Waals surface area contributed by atoms with Crippen molar-refractivity contribution in [2.45, 2.75) is 19.9 Å². The molecule has 0 saturated heterocycles. The minimum atomic E-state index is -0.596. The molecule has 0 radical (unpaired) electrons. The number of nitrogens with one attached hydrogen (secondary N) is 1. The average Bonchev–Trinajstić information content (AvgIpc) is 3.30. The van der Waals surface area contributed by atoms with Crippen LogP contribution in [0.25, 0.3) is 17.0 Å². The van der Waals surface area contributed by atoms with Gasteiger partial charge < -0.3 is 9.80 Å². The fraction of sp³-hybridized carbons (Fsp3) is 0.133. The molecule has 1 aromatic heterocycles. The van der Waals surface area contributed by atoms with Gasteiger partial charge >= 0.3 is 0 Å². The zero-order valence-electron chi connectivity index (χ0n) is 21.8. The molecule has 0 bridgehead atoms. The molecule has 1 N–H and O–H groups in total. The normalized spacial score (nSPS) is 14.6. The van der Waals surface area contributed by atoms with Gasteiger partial charge in [0.15, 0.2) is 0 Å². The van der Waals surface area contributed by atoms with E-state index in [1.165, 1.54) is 28.3 Å². The predicted molar refractivity (Wildman–Crippen MR) is 160 cm³/mol.